The first kappa shape index (κ1) is 26.2. The van der Waals surface area contributed by atoms with Crippen molar-refractivity contribution >= 4 is 11.6 Å². The summed E-state index contributed by atoms with van der Waals surface area (Å²) < 4.78 is 50.9. The van der Waals surface area contributed by atoms with Gasteiger partial charge >= 0.3 is 6.18 Å². The number of carbonyl (C=O) groups excluding carboxylic acids is 1. The molecule has 2 heterocycles. The van der Waals surface area contributed by atoms with Gasteiger partial charge in [0.1, 0.15) is 6.23 Å². The first-order valence-corrected chi connectivity index (χ1v) is 12.8. The molecular formula is C26H38F3N3O3. The molecule has 9 heteroatoms. The number of ether oxygens (including phenoxy) is 2. The summed E-state index contributed by atoms with van der Waals surface area (Å²) in [5, 5.41) is 3.61. The molecule has 1 aliphatic carbocycles. The number of nitrogens with zero attached hydrogens (tertiary/aromatic N) is 2. The number of hydrogen-bond donors (Lipinski definition) is 1. The summed E-state index contributed by atoms with van der Waals surface area (Å²) in [7, 11) is 1.71. The smallest absolute Gasteiger partial charge is 0.377 e. The van der Waals surface area contributed by atoms with Gasteiger partial charge in [-0.25, -0.2) is 0 Å². The second kappa shape index (κ2) is 10.6. The molecule has 0 radical (unpaired) electrons. The zero-order valence-corrected chi connectivity index (χ0v) is 20.9. The summed E-state index contributed by atoms with van der Waals surface area (Å²) >= 11 is 0. The molecule has 6 nitrogen and oxygen atoms in total. The molecule has 2 unspecified atom stereocenters. The molecule has 35 heavy (non-hydrogen) atoms. The SMILES string of the molecule is COC1CCCOC1N[C@@H]1CC[C@@](C(=O)N2CCN(c3cccc(C(F)(F)F)c3)CC2)(C(C)C)C1. The summed E-state index contributed by atoms with van der Waals surface area (Å²) in [4.78, 5) is 17.7. The Bertz CT molecular complexity index is 873. The van der Waals surface area contributed by atoms with Crippen LogP contribution in [0.25, 0.3) is 0 Å². The van der Waals surface area contributed by atoms with Crippen LogP contribution in [0.2, 0.25) is 0 Å². The highest BCUT2D eigenvalue weighted by Gasteiger charge is 2.50. The first-order valence-electron chi connectivity index (χ1n) is 12.8. The van der Waals surface area contributed by atoms with Crippen LogP contribution in [0.5, 0.6) is 0 Å². The van der Waals surface area contributed by atoms with Crippen LogP contribution in [-0.2, 0) is 20.4 Å². The normalized spacial score (nSPS) is 30.2. The van der Waals surface area contributed by atoms with E-state index in [1.807, 2.05) is 9.80 Å². The highest BCUT2D eigenvalue weighted by Crippen LogP contribution is 2.46. The Morgan fingerprint density at radius 2 is 1.94 bits per heavy atom. The summed E-state index contributed by atoms with van der Waals surface area (Å²) in [5.74, 6) is 0.363. The van der Waals surface area contributed by atoms with Gasteiger partial charge in [-0.15, -0.1) is 0 Å². The van der Waals surface area contributed by atoms with Gasteiger partial charge in [0.05, 0.1) is 17.1 Å². The number of halogens is 3. The predicted molar refractivity (Wildman–Crippen MR) is 128 cm³/mol. The lowest BCUT2D eigenvalue weighted by atomic mass is 9.74. The topological polar surface area (TPSA) is 54.0 Å². The second-order valence-corrected chi connectivity index (χ2v) is 10.5. The maximum atomic E-state index is 13.8. The second-order valence-electron chi connectivity index (χ2n) is 10.5. The number of amides is 1. The molecule has 2 aliphatic heterocycles. The molecule has 3 aliphatic rings. The fourth-order valence-electron chi connectivity index (χ4n) is 5.93. The Morgan fingerprint density at radius 3 is 2.60 bits per heavy atom. The van der Waals surface area contributed by atoms with Crippen molar-refractivity contribution in [2.24, 2.45) is 11.3 Å². The Labute approximate surface area is 206 Å². The van der Waals surface area contributed by atoms with E-state index in [-0.39, 0.29) is 30.2 Å². The van der Waals surface area contributed by atoms with E-state index in [4.69, 9.17) is 9.47 Å². The van der Waals surface area contributed by atoms with Crippen molar-refractivity contribution in [1.82, 2.24) is 10.2 Å². The average molecular weight is 498 g/mol. The Hall–Kier alpha value is -1.84. The molecule has 1 N–H and O–H groups in total. The number of nitrogens with one attached hydrogen (secondary N) is 1. The summed E-state index contributed by atoms with van der Waals surface area (Å²) in [6.07, 6.45) is -0.0493. The van der Waals surface area contributed by atoms with Gasteiger partial charge in [-0.2, -0.15) is 13.2 Å². The van der Waals surface area contributed by atoms with E-state index in [2.05, 4.69) is 19.2 Å². The maximum absolute atomic E-state index is 13.8. The molecule has 196 valence electrons. The zero-order chi connectivity index (χ0) is 25.2. The van der Waals surface area contributed by atoms with Crippen molar-refractivity contribution in [3.8, 4) is 0 Å². The number of carbonyl (C=O) groups is 1. The number of benzene rings is 1. The molecule has 3 fully saturated rings. The van der Waals surface area contributed by atoms with Crippen LogP contribution in [0, 0.1) is 11.3 Å². The van der Waals surface area contributed by atoms with Gasteiger partial charge in [-0.3, -0.25) is 10.1 Å². The highest BCUT2D eigenvalue weighted by molar-refractivity contribution is 5.84. The van der Waals surface area contributed by atoms with E-state index < -0.39 is 17.2 Å². The van der Waals surface area contributed by atoms with Gasteiger partial charge < -0.3 is 19.3 Å². The monoisotopic (exact) mass is 497 g/mol. The van der Waals surface area contributed by atoms with Crippen LogP contribution >= 0.6 is 0 Å². The number of piperazine rings is 1. The van der Waals surface area contributed by atoms with Crippen LogP contribution in [0.4, 0.5) is 18.9 Å². The van der Waals surface area contributed by atoms with Crippen molar-refractivity contribution in [3.63, 3.8) is 0 Å². The highest BCUT2D eigenvalue weighted by atomic mass is 19.4. The lowest BCUT2D eigenvalue weighted by molar-refractivity contribution is -0.145. The maximum Gasteiger partial charge on any atom is 0.416 e. The number of hydrogen-bond acceptors (Lipinski definition) is 5. The Kier molecular flexibility index (Phi) is 7.98. The summed E-state index contributed by atoms with van der Waals surface area (Å²) in [6, 6.07) is 5.62. The fourth-order valence-corrected chi connectivity index (χ4v) is 5.93. The number of alkyl halides is 3. The molecule has 1 saturated carbocycles. The average Bonchev–Trinajstić information content (AvgIpc) is 3.29. The molecule has 2 saturated heterocycles. The third kappa shape index (κ3) is 5.62. The van der Waals surface area contributed by atoms with E-state index in [1.54, 1.807) is 13.2 Å². The minimum absolute atomic E-state index is 0.0254. The van der Waals surface area contributed by atoms with Crippen molar-refractivity contribution in [3.05, 3.63) is 29.8 Å². The molecule has 0 spiro atoms. The summed E-state index contributed by atoms with van der Waals surface area (Å²) in [6.45, 7) is 7.03. The third-order valence-corrected chi connectivity index (χ3v) is 8.16. The van der Waals surface area contributed by atoms with E-state index in [1.165, 1.54) is 12.1 Å². The standard InChI is InChI=1S/C26H38F3N3O3/c1-18(2)25(10-9-20(17-25)30-23-22(34-3)8-5-15-35-23)24(33)32-13-11-31(12-14-32)21-7-4-6-19(16-21)26(27,28)29/h4,6-7,16,18,20,22-23,30H,5,8-15,17H2,1-3H3/t20-,22?,23?,25+/m1/s1. The minimum Gasteiger partial charge on any atom is -0.377 e. The van der Waals surface area contributed by atoms with Crippen LogP contribution in [0.15, 0.2) is 24.3 Å². The molecule has 0 aromatic heterocycles. The van der Waals surface area contributed by atoms with E-state index in [0.717, 1.165) is 38.2 Å². The van der Waals surface area contributed by atoms with Gasteiger partial charge in [0, 0.05) is 51.6 Å². The number of anilines is 1. The predicted octanol–water partition coefficient (Wildman–Crippen LogP) is 4.29. The zero-order valence-electron chi connectivity index (χ0n) is 20.9. The molecule has 4 atom stereocenters. The van der Waals surface area contributed by atoms with Gasteiger partial charge in [-0.1, -0.05) is 19.9 Å². The van der Waals surface area contributed by atoms with E-state index in [9.17, 15) is 18.0 Å². The van der Waals surface area contributed by atoms with E-state index in [0.29, 0.717) is 38.5 Å². The molecular weight excluding hydrogens is 459 g/mol. The van der Waals surface area contributed by atoms with Crippen molar-refractivity contribution in [2.75, 3.05) is 44.8 Å². The number of methoxy groups -OCH3 is 1. The molecule has 1 aromatic carbocycles. The van der Waals surface area contributed by atoms with Crippen molar-refractivity contribution < 1.29 is 27.4 Å². The first-order chi connectivity index (χ1) is 16.6. The van der Waals surface area contributed by atoms with Crippen LogP contribution in [0.3, 0.4) is 0 Å². The quantitative estimate of drug-likeness (QED) is 0.636. The lowest BCUT2D eigenvalue weighted by Gasteiger charge is -2.42. The van der Waals surface area contributed by atoms with Crippen molar-refractivity contribution in [1.29, 1.82) is 0 Å². The minimum atomic E-state index is -4.36. The van der Waals surface area contributed by atoms with Gasteiger partial charge in [0.2, 0.25) is 5.91 Å². The third-order valence-electron chi connectivity index (χ3n) is 8.16. The lowest BCUT2D eigenvalue weighted by Crippen LogP contribution is -2.55. The Balaban J connectivity index is 1.38. The van der Waals surface area contributed by atoms with E-state index >= 15 is 0 Å². The van der Waals surface area contributed by atoms with Gasteiger partial charge in [-0.05, 0) is 56.2 Å². The van der Waals surface area contributed by atoms with Crippen molar-refractivity contribution in [2.45, 2.75) is 70.5 Å². The number of rotatable bonds is 6. The molecule has 0 bridgehead atoms. The van der Waals surface area contributed by atoms with Gasteiger partial charge in [0.15, 0.2) is 0 Å². The largest absolute Gasteiger partial charge is 0.416 e. The molecule has 1 amide bonds. The van der Waals surface area contributed by atoms with Crippen LogP contribution in [-0.4, -0.2) is 69.1 Å². The molecule has 4 rings (SSSR count). The molecule has 1 aromatic rings. The fraction of sp³-hybridized carbons (Fsp3) is 0.731. The van der Waals surface area contributed by atoms with Gasteiger partial charge in [0.25, 0.3) is 0 Å². The Morgan fingerprint density at radius 1 is 1.20 bits per heavy atom. The summed E-state index contributed by atoms with van der Waals surface area (Å²) in [5.41, 5.74) is -0.530. The van der Waals surface area contributed by atoms with Crippen LogP contribution < -0.4 is 10.2 Å². The van der Waals surface area contributed by atoms with Crippen LogP contribution in [0.1, 0.15) is 51.5 Å².